The maximum absolute atomic E-state index is 4.63. The Hall–Kier alpha value is -3.15. The predicted octanol–water partition coefficient (Wildman–Crippen LogP) is 4.15. The number of nitrogens with one attached hydrogen (secondary N) is 1. The van der Waals surface area contributed by atoms with Gasteiger partial charge in [0.05, 0.1) is 6.20 Å². The van der Waals surface area contributed by atoms with Crippen LogP contribution in [0.3, 0.4) is 0 Å². The van der Waals surface area contributed by atoms with E-state index in [4.69, 9.17) is 0 Å². The summed E-state index contributed by atoms with van der Waals surface area (Å²) < 4.78 is 0. The SMILES string of the molecule is CCN(c1cccc(C)c1)c1cnnc(Nc2ccc(N(C)C)cc2)n1. The Bertz CT molecular complexity index is 860. The van der Waals surface area contributed by atoms with E-state index in [2.05, 4.69) is 62.3 Å². The zero-order valence-electron chi connectivity index (χ0n) is 15.6. The van der Waals surface area contributed by atoms with Crippen LogP contribution in [0, 0.1) is 6.92 Å². The summed E-state index contributed by atoms with van der Waals surface area (Å²) in [6.45, 7) is 4.97. The molecule has 0 bridgehead atoms. The highest BCUT2D eigenvalue weighted by Gasteiger charge is 2.11. The minimum Gasteiger partial charge on any atom is -0.378 e. The summed E-state index contributed by atoms with van der Waals surface area (Å²) in [5, 5.41) is 11.5. The number of hydrogen-bond donors (Lipinski definition) is 1. The van der Waals surface area contributed by atoms with Crippen molar-refractivity contribution in [2.75, 3.05) is 35.8 Å². The van der Waals surface area contributed by atoms with Gasteiger partial charge >= 0.3 is 0 Å². The van der Waals surface area contributed by atoms with Gasteiger partial charge in [0.25, 0.3) is 0 Å². The van der Waals surface area contributed by atoms with Gasteiger partial charge in [0, 0.05) is 37.7 Å². The lowest BCUT2D eigenvalue weighted by atomic mass is 10.2. The highest BCUT2D eigenvalue weighted by atomic mass is 15.3. The number of aryl methyl sites for hydroxylation is 1. The summed E-state index contributed by atoms with van der Waals surface area (Å²) in [7, 11) is 4.03. The molecule has 0 aliphatic rings. The Balaban J connectivity index is 1.83. The highest BCUT2D eigenvalue weighted by molar-refractivity contribution is 5.63. The molecule has 0 radical (unpaired) electrons. The second kappa shape index (κ2) is 7.82. The number of hydrogen-bond acceptors (Lipinski definition) is 6. The van der Waals surface area contributed by atoms with Crippen molar-refractivity contribution in [3.05, 3.63) is 60.3 Å². The molecule has 0 aliphatic heterocycles. The molecule has 1 aromatic heterocycles. The summed E-state index contributed by atoms with van der Waals surface area (Å²) in [5.41, 5.74) is 4.37. The molecule has 26 heavy (non-hydrogen) atoms. The van der Waals surface area contributed by atoms with Crippen LogP contribution in [-0.2, 0) is 0 Å². The van der Waals surface area contributed by atoms with E-state index in [1.165, 1.54) is 5.56 Å². The molecule has 0 fully saturated rings. The molecule has 1 N–H and O–H groups in total. The Morgan fingerprint density at radius 1 is 1.00 bits per heavy atom. The number of nitrogens with zero attached hydrogens (tertiary/aromatic N) is 5. The minimum atomic E-state index is 0.478. The van der Waals surface area contributed by atoms with E-state index in [9.17, 15) is 0 Å². The molecule has 1 heterocycles. The Kier molecular flexibility index (Phi) is 5.31. The fourth-order valence-electron chi connectivity index (χ4n) is 2.72. The first-order valence-electron chi connectivity index (χ1n) is 8.65. The number of benzene rings is 2. The van der Waals surface area contributed by atoms with Gasteiger partial charge in [0.1, 0.15) is 0 Å². The molecule has 0 amide bonds. The molecule has 0 spiro atoms. The third-order valence-electron chi connectivity index (χ3n) is 4.09. The van der Waals surface area contributed by atoms with E-state index < -0.39 is 0 Å². The smallest absolute Gasteiger partial charge is 0.249 e. The molecule has 3 aromatic rings. The normalized spacial score (nSPS) is 10.5. The van der Waals surface area contributed by atoms with Gasteiger partial charge in [-0.15, -0.1) is 5.10 Å². The molecular weight excluding hydrogens is 324 g/mol. The Morgan fingerprint density at radius 2 is 1.77 bits per heavy atom. The van der Waals surface area contributed by atoms with Crippen molar-refractivity contribution in [1.29, 1.82) is 0 Å². The van der Waals surface area contributed by atoms with Crippen LogP contribution in [-0.4, -0.2) is 35.8 Å². The first kappa shape index (κ1) is 17.7. The number of rotatable bonds is 6. The lowest BCUT2D eigenvalue weighted by Crippen LogP contribution is -2.18. The van der Waals surface area contributed by atoms with Crippen molar-refractivity contribution in [2.45, 2.75) is 13.8 Å². The summed E-state index contributed by atoms with van der Waals surface area (Å²) in [4.78, 5) is 8.81. The zero-order chi connectivity index (χ0) is 18.5. The molecule has 0 unspecified atom stereocenters. The van der Waals surface area contributed by atoms with Crippen LogP contribution in [0.25, 0.3) is 0 Å². The average Bonchev–Trinajstić information content (AvgIpc) is 2.63. The van der Waals surface area contributed by atoms with Crippen molar-refractivity contribution in [3.63, 3.8) is 0 Å². The summed E-state index contributed by atoms with van der Waals surface area (Å²) in [6, 6.07) is 16.4. The fraction of sp³-hybridized carbons (Fsp3) is 0.250. The van der Waals surface area contributed by atoms with Gasteiger partial charge in [-0.1, -0.05) is 12.1 Å². The van der Waals surface area contributed by atoms with Crippen LogP contribution in [0.5, 0.6) is 0 Å². The van der Waals surface area contributed by atoms with E-state index in [1.54, 1.807) is 6.20 Å². The Morgan fingerprint density at radius 3 is 2.42 bits per heavy atom. The third-order valence-corrected chi connectivity index (χ3v) is 4.09. The van der Waals surface area contributed by atoms with Gasteiger partial charge in [-0.3, -0.25) is 0 Å². The predicted molar refractivity (Wildman–Crippen MR) is 108 cm³/mol. The van der Waals surface area contributed by atoms with Crippen molar-refractivity contribution < 1.29 is 0 Å². The molecule has 134 valence electrons. The van der Waals surface area contributed by atoms with Crippen LogP contribution >= 0.6 is 0 Å². The molecule has 0 aliphatic carbocycles. The lowest BCUT2D eigenvalue weighted by Gasteiger charge is -2.22. The summed E-state index contributed by atoms with van der Waals surface area (Å²) in [6.07, 6.45) is 1.69. The highest BCUT2D eigenvalue weighted by Crippen LogP contribution is 2.25. The number of aromatic nitrogens is 3. The quantitative estimate of drug-likeness (QED) is 0.722. The maximum atomic E-state index is 4.63. The van der Waals surface area contributed by atoms with Crippen LogP contribution in [0.4, 0.5) is 28.8 Å². The molecule has 0 saturated carbocycles. The summed E-state index contributed by atoms with van der Waals surface area (Å²) in [5.74, 6) is 1.24. The molecular formula is C20H24N6. The third kappa shape index (κ3) is 4.08. The van der Waals surface area contributed by atoms with Crippen LogP contribution in [0.2, 0.25) is 0 Å². The fourth-order valence-corrected chi connectivity index (χ4v) is 2.72. The molecule has 3 rings (SSSR count). The van der Waals surface area contributed by atoms with E-state index >= 15 is 0 Å². The molecule has 6 nitrogen and oxygen atoms in total. The second-order valence-corrected chi connectivity index (χ2v) is 6.29. The van der Waals surface area contributed by atoms with E-state index in [0.717, 1.165) is 29.4 Å². The van der Waals surface area contributed by atoms with Gasteiger partial charge in [-0.05, 0) is 55.8 Å². The first-order valence-corrected chi connectivity index (χ1v) is 8.65. The van der Waals surface area contributed by atoms with Crippen molar-refractivity contribution in [2.24, 2.45) is 0 Å². The average molecular weight is 348 g/mol. The first-order chi connectivity index (χ1) is 12.6. The molecule has 0 atom stereocenters. The molecule has 2 aromatic carbocycles. The minimum absolute atomic E-state index is 0.478. The van der Waals surface area contributed by atoms with Gasteiger partial charge < -0.3 is 15.1 Å². The second-order valence-electron chi connectivity index (χ2n) is 6.29. The monoisotopic (exact) mass is 348 g/mol. The van der Waals surface area contributed by atoms with Crippen molar-refractivity contribution in [1.82, 2.24) is 15.2 Å². The molecule has 0 saturated heterocycles. The topological polar surface area (TPSA) is 57.2 Å². The van der Waals surface area contributed by atoms with Crippen molar-refractivity contribution >= 4 is 28.8 Å². The largest absolute Gasteiger partial charge is 0.378 e. The van der Waals surface area contributed by atoms with Crippen molar-refractivity contribution in [3.8, 4) is 0 Å². The van der Waals surface area contributed by atoms with E-state index in [-0.39, 0.29) is 0 Å². The van der Waals surface area contributed by atoms with E-state index in [1.807, 2.05) is 44.4 Å². The van der Waals surface area contributed by atoms with Gasteiger partial charge in [-0.25, -0.2) is 0 Å². The molecule has 6 heteroatoms. The zero-order valence-corrected chi connectivity index (χ0v) is 15.6. The van der Waals surface area contributed by atoms with E-state index in [0.29, 0.717) is 5.95 Å². The lowest BCUT2D eigenvalue weighted by molar-refractivity contribution is 0.921. The van der Waals surface area contributed by atoms with Crippen LogP contribution in [0.15, 0.2) is 54.7 Å². The van der Waals surface area contributed by atoms with Gasteiger partial charge in [-0.2, -0.15) is 10.1 Å². The van der Waals surface area contributed by atoms with Crippen LogP contribution in [0.1, 0.15) is 12.5 Å². The maximum Gasteiger partial charge on any atom is 0.249 e. The standard InChI is InChI=1S/C20H24N6/c1-5-26(18-8-6-7-15(2)13-18)19-14-21-24-20(23-19)22-16-9-11-17(12-10-16)25(3)4/h6-14H,5H2,1-4H3,(H,22,23,24). The van der Waals surface area contributed by atoms with Crippen LogP contribution < -0.4 is 15.1 Å². The Labute approximate surface area is 154 Å². The van der Waals surface area contributed by atoms with Gasteiger partial charge in [0.15, 0.2) is 5.82 Å². The van der Waals surface area contributed by atoms with Gasteiger partial charge in [0.2, 0.25) is 5.95 Å². The summed E-state index contributed by atoms with van der Waals surface area (Å²) >= 11 is 0. The number of anilines is 5.